The van der Waals surface area contributed by atoms with Crippen LogP contribution in [0.3, 0.4) is 0 Å². The van der Waals surface area contributed by atoms with Gasteiger partial charge < -0.3 is 14.8 Å². The van der Waals surface area contributed by atoms with Gasteiger partial charge in [0.2, 0.25) is 0 Å². The summed E-state index contributed by atoms with van der Waals surface area (Å²) >= 11 is 0. The second kappa shape index (κ2) is 10.6. The van der Waals surface area contributed by atoms with E-state index >= 15 is 0 Å². The minimum absolute atomic E-state index is 0.209. The van der Waals surface area contributed by atoms with Crippen LogP contribution in [0.15, 0.2) is 43.0 Å². The van der Waals surface area contributed by atoms with Gasteiger partial charge in [0.1, 0.15) is 0 Å². The molecule has 0 heterocycles. The maximum Gasteiger partial charge on any atom is 0.335 e. The molecule has 2 atom stereocenters. The number of carbonyl (C=O) groups excluding carboxylic acids is 2. The van der Waals surface area contributed by atoms with Crippen molar-refractivity contribution in [2.75, 3.05) is 19.8 Å². The van der Waals surface area contributed by atoms with Crippen LogP contribution in [0.4, 0.5) is 0 Å². The van der Waals surface area contributed by atoms with E-state index in [2.05, 4.69) is 37.9 Å². The predicted octanol–water partition coefficient (Wildman–Crippen LogP) is 2.68. The number of rotatable bonds is 10. The molecule has 5 nitrogen and oxygen atoms in total. The molecular formula is C19H27NO4. The van der Waals surface area contributed by atoms with Gasteiger partial charge in [-0.15, -0.1) is 6.58 Å². The molecule has 0 saturated carbocycles. The second-order valence-electron chi connectivity index (χ2n) is 5.94. The zero-order valence-corrected chi connectivity index (χ0v) is 14.7. The van der Waals surface area contributed by atoms with Crippen molar-refractivity contribution in [3.05, 3.63) is 48.6 Å². The molecule has 132 valence electrons. The summed E-state index contributed by atoms with van der Waals surface area (Å²) in [6.07, 6.45) is 0.829. The summed E-state index contributed by atoms with van der Waals surface area (Å²) in [5.74, 6) is -0.292. The van der Waals surface area contributed by atoms with Crippen LogP contribution in [0.2, 0.25) is 0 Å². The molecule has 0 saturated heterocycles. The van der Waals surface area contributed by atoms with E-state index in [9.17, 15) is 9.59 Å². The summed E-state index contributed by atoms with van der Waals surface area (Å²) in [6, 6.07) is 10.0. The van der Waals surface area contributed by atoms with Gasteiger partial charge in [-0.1, -0.05) is 50.3 Å². The molecule has 5 heteroatoms. The Hall–Kier alpha value is -2.14. The number of nitrogens with one attached hydrogen (secondary N) is 1. The van der Waals surface area contributed by atoms with Crippen LogP contribution in [-0.4, -0.2) is 37.7 Å². The van der Waals surface area contributed by atoms with Gasteiger partial charge in [-0.05, 0) is 18.4 Å². The lowest BCUT2D eigenvalue weighted by Gasteiger charge is -2.22. The number of carbonyl (C=O) groups is 2. The van der Waals surface area contributed by atoms with E-state index in [1.807, 2.05) is 18.2 Å². The zero-order valence-electron chi connectivity index (χ0n) is 14.7. The van der Waals surface area contributed by atoms with Crippen LogP contribution in [0, 0.1) is 5.92 Å². The standard InChI is InChI=1S/C19H27NO4/c1-5-11-23-15(4)19(22)24-13-18(21)20-12-17(14(2)3)16-9-7-6-8-10-16/h5-10,14-15,17H,1,11-13H2,2-4H3,(H,20,21). The van der Waals surface area contributed by atoms with Gasteiger partial charge in [0.25, 0.3) is 5.91 Å². The highest BCUT2D eigenvalue weighted by Crippen LogP contribution is 2.23. The Labute approximate surface area is 144 Å². The summed E-state index contributed by atoms with van der Waals surface area (Å²) in [5, 5.41) is 2.83. The number of hydrogen-bond acceptors (Lipinski definition) is 4. The fraction of sp³-hybridized carbons (Fsp3) is 0.474. The topological polar surface area (TPSA) is 64.6 Å². The van der Waals surface area contributed by atoms with Crippen molar-refractivity contribution < 1.29 is 19.1 Å². The van der Waals surface area contributed by atoms with Crippen molar-refractivity contribution in [1.82, 2.24) is 5.32 Å². The van der Waals surface area contributed by atoms with Gasteiger partial charge in [-0.3, -0.25) is 4.79 Å². The van der Waals surface area contributed by atoms with E-state index in [1.54, 1.807) is 13.0 Å². The molecule has 0 aliphatic carbocycles. The molecule has 0 aliphatic heterocycles. The van der Waals surface area contributed by atoms with Crippen LogP contribution in [0.5, 0.6) is 0 Å². The Morgan fingerprint density at radius 2 is 1.88 bits per heavy atom. The fourth-order valence-corrected chi connectivity index (χ4v) is 2.25. The summed E-state index contributed by atoms with van der Waals surface area (Å²) in [5.41, 5.74) is 1.18. The number of esters is 1. The highest BCUT2D eigenvalue weighted by molar-refractivity contribution is 5.81. The minimum Gasteiger partial charge on any atom is -0.454 e. The first kappa shape index (κ1) is 19.9. The van der Waals surface area contributed by atoms with Gasteiger partial charge in [-0.25, -0.2) is 4.79 Å². The highest BCUT2D eigenvalue weighted by Gasteiger charge is 2.18. The number of hydrogen-bond donors (Lipinski definition) is 1. The van der Waals surface area contributed by atoms with E-state index in [4.69, 9.17) is 9.47 Å². The number of ether oxygens (including phenoxy) is 2. The first-order chi connectivity index (χ1) is 11.5. The van der Waals surface area contributed by atoms with Gasteiger partial charge >= 0.3 is 5.97 Å². The van der Waals surface area contributed by atoms with Gasteiger partial charge in [0.15, 0.2) is 12.7 Å². The quantitative estimate of drug-likeness (QED) is 0.528. The smallest absolute Gasteiger partial charge is 0.335 e. The van der Waals surface area contributed by atoms with Crippen LogP contribution in [0.25, 0.3) is 0 Å². The molecule has 1 N–H and O–H groups in total. The normalized spacial score (nSPS) is 13.2. The largest absolute Gasteiger partial charge is 0.454 e. The van der Waals surface area contributed by atoms with Crippen LogP contribution < -0.4 is 5.32 Å². The van der Waals surface area contributed by atoms with Crippen molar-refractivity contribution in [3.8, 4) is 0 Å². The van der Waals surface area contributed by atoms with Gasteiger partial charge in [-0.2, -0.15) is 0 Å². The molecular weight excluding hydrogens is 306 g/mol. The lowest BCUT2D eigenvalue weighted by atomic mass is 9.88. The molecule has 1 aromatic carbocycles. The van der Waals surface area contributed by atoms with Crippen molar-refractivity contribution in [2.24, 2.45) is 5.92 Å². The Kier molecular flexibility index (Phi) is 8.79. The van der Waals surface area contributed by atoms with Crippen molar-refractivity contribution in [3.63, 3.8) is 0 Å². The molecule has 2 unspecified atom stereocenters. The molecule has 0 fully saturated rings. The SMILES string of the molecule is C=CCOC(C)C(=O)OCC(=O)NCC(c1ccccc1)C(C)C. The average molecular weight is 333 g/mol. The molecule has 1 aromatic rings. The zero-order chi connectivity index (χ0) is 17.9. The molecule has 0 bridgehead atoms. The molecule has 24 heavy (non-hydrogen) atoms. The molecule has 0 aromatic heterocycles. The van der Waals surface area contributed by atoms with Crippen LogP contribution in [-0.2, 0) is 19.1 Å². The first-order valence-corrected chi connectivity index (χ1v) is 8.16. The van der Waals surface area contributed by atoms with E-state index in [-0.39, 0.29) is 25.0 Å². The van der Waals surface area contributed by atoms with E-state index < -0.39 is 12.1 Å². The lowest BCUT2D eigenvalue weighted by molar-refractivity contribution is -0.158. The average Bonchev–Trinajstić information content (AvgIpc) is 2.58. The monoisotopic (exact) mass is 333 g/mol. The molecule has 1 rings (SSSR count). The van der Waals surface area contributed by atoms with Crippen LogP contribution >= 0.6 is 0 Å². The maximum atomic E-state index is 11.9. The molecule has 0 radical (unpaired) electrons. The third kappa shape index (κ3) is 6.96. The highest BCUT2D eigenvalue weighted by atomic mass is 16.6. The Balaban J connectivity index is 2.41. The maximum absolute atomic E-state index is 11.9. The Morgan fingerprint density at radius 3 is 2.46 bits per heavy atom. The van der Waals surface area contributed by atoms with Crippen LogP contribution in [0.1, 0.15) is 32.3 Å². The summed E-state index contributed by atoms with van der Waals surface area (Å²) < 4.78 is 10.1. The summed E-state index contributed by atoms with van der Waals surface area (Å²) in [4.78, 5) is 23.6. The van der Waals surface area contributed by atoms with Crippen molar-refractivity contribution in [2.45, 2.75) is 32.8 Å². The molecule has 1 amide bonds. The van der Waals surface area contributed by atoms with E-state index in [1.165, 1.54) is 5.56 Å². The second-order valence-corrected chi connectivity index (χ2v) is 5.94. The Morgan fingerprint density at radius 1 is 1.21 bits per heavy atom. The number of benzene rings is 1. The van der Waals surface area contributed by atoms with Crippen molar-refractivity contribution in [1.29, 1.82) is 0 Å². The summed E-state index contributed by atoms with van der Waals surface area (Å²) in [6.45, 7) is 9.76. The fourth-order valence-electron chi connectivity index (χ4n) is 2.25. The third-order valence-corrected chi connectivity index (χ3v) is 3.69. The molecule has 0 aliphatic rings. The first-order valence-electron chi connectivity index (χ1n) is 8.16. The van der Waals surface area contributed by atoms with Gasteiger partial charge in [0, 0.05) is 12.5 Å². The third-order valence-electron chi connectivity index (χ3n) is 3.69. The van der Waals surface area contributed by atoms with Crippen molar-refractivity contribution >= 4 is 11.9 Å². The van der Waals surface area contributed by atoms with E-state index in [0.29, 0.717) is 12.5 Å². The molecule has 0 spiro atoms. The predicted molar refractivity (Wildman–Crippen MR) is 93.6 cm³/mol. The minimum atomic E-state index is -0.719. The lowest BCUT2D eigenvalue weighted by Crippen LogP contribution is -2.35. The Bertz CT molecular complexity index is 527. The number of amides is 1. The summed E-state index contributed by atoms with van der Waals surface area (Å²) in [7, 11) is 0. The van der Waals surface area contributed by atoms with Gasteiger partial charge in [0.05, 0.1) is 6.61 Å². The van der Waals surface area contributed by atoms with E-state index in [0.717, 1.165) is 0 Å².